The van der Waals surface area contributed by atoms with E-state index in [-0.39, 0.29) is 5.91 Å². The number of nitrogens with one attached hydrogen (secondary N) is 1. The fraction of sp³-hybridized carbons (Fsp3) is 0.500. The van der Waals surface area contributed by atoms with Crippen LogP contribution in [0.4, 0.5) is 5.69 Å². The maximum atomic E-state index is 11.7. The van der Waals surface area contributed by atoms with Crippen LogP contribution in [0.1, 0.15) is 44.6 Å². The van der Waals surface area contributed by atoms with Gasteiger partial charge < -0.3 is 5.32 Å². The smallest absolute Gasteiger partial charge is 0.224 e. The van der Waals surface area contributed by atoms with E-state index in [1.54, 1.807) is 0 Å². The predicted octanol–water partition coefficient (Wildman–Crippen LogP) is 4.16. The molecular formula is C14H20ClNO. The molecule has 3 heteroatoms. The van der Waals surface area contributed by atoms with E-state index in [0.717, 1.165) is 18.5 Å². The van der Waals surface area contributed by atoms with Gasteiger partial charge in [0.25, 0.3) is 0 Å². The molecule has 94 valence electrons. The van der Waals surface area contributed by atoms with Gasteiger partial charge in [0.2, 0.25) is 5.91 Å². The average Bonchev–Trinajstić information content (AvgIpc) is 2.36. The molecule has 0 radical (unpaired) electrons. The van der Waals surface area contributed by atoms with Crippen molar-refractivity contribution in [1.82, 2.24) is 0 Å². The zero-order chi connectivity index (χ0) is 12.7. The van der Waals surface area contributed by atoms with Gasteiger partial charge >= 0.3 is 0 Å². The minimum atomic E-state index is 0.0430. The van der Waals surface area contributed by atoms with Gasteiger partial charge in [-0.3, -0.25) is 4.79 Å². The first-order chi connectivity index (χ1) is 8.19. The molecule has 1 aromatic carbocycles. The molecule has 2 nitrogen and oxygen atoms in total. The Morgan fingerprint density at radius 1 is 1.41 bits per heavy atom. The summed E-state index contributed by atoms with van der Waals surface area (Å²) in [5, 5.41) is 2.96. The number of carbonyl (C=O) groups excluding carboxylic acids is 1. The van der Waals surface area contributed by atoms with Crippen molar-refractivity contribution < 1.29 is 4.79 Å². The minimum absolute atomic E-state index is 0.0430. The molecule has 0 spiro atoms. The van der Waals surface area contributed by atoms with Crippen molar-refractivity contribution in [2.75, 3.05) is 11.2 Å². The van der Waals surface area contributed by atoms with Gasteiger partial charge in [-0.25, -0.2) is 0 Å². The van der Waals surface area contributed by atoms with Crippen molar-refractivity contribution >= 4 is 23.2 Å². The summed E-state index contributed by atoms with van der Waals surface area (Å²) in [4.78, 5) is 11.7. The highest BCUT2D eigenvalue weighted by molar-refractivity contribution is 6.18. The molecule has 0 aliphatic rings. The third-order valence-corrected chi connectivity index (χ3v) is 3.18. The molecule has 1 N–H and O–H groups in total. The van der Waals surface area contributed by atoms with Gasteiger partial charge in [-0.15, -0.1) is 11.6 Å². The maximum absolute atomic E-state index is 11.7. The normalized spacial score (nSPS) is 12.2. The van der Waals surface area contributed by atoms with Crippen molar-refractivity contribution in [2.45, 2.75) is 39.0 Å². The second kappa shape index (κ2) is 7.33. The van der Waals surface area contributed by atoms with Gasteiger partial charge in [-0.05, 0) is 30.4 Å². The number of hydrogen-bond acceptors (Lipinski definition) is 1. The third kappa shape index (κ3) is 4.39. The number of carbonyl (C=O) groups is 1. The lowest BCUT2D eigenvalue weighted by molar-refractivity contribution is -0.116. The van der Waals surface area contributed by atoms with E-state index in [0.29, 0.717) is 18.2 Å². The monoisotopic (exact) mass is 253 g/mol. The van der Waals surface area contributed by atoms with Gasteiger partial charge in [-0.1, -0.05) is 32.0 Å². The predicted molar refractivity (Wildman–Crippen MR) is 73.7 cm³/mol. The van der Waals surface area contributed by atoms with Crippen LogP contribution in [0.3, 0.4) is 0 Å². The molecule has 0 aliphatic carbocycles. The van der Waals surface area contributed by atoms with Crippen LogP contribution in [0.15, 0.2) is 24.3 Å². The van der Waals surface area contributed by atoms with E-state index < -0.39 is 0 Å². The second-order valence-electron chi connectivity index (χ2n) is 4.24. The van der Waals surface area contributed by atoms with E-state index in [2.05, 4.69) is 25.2 Å². The van der Waals surface area contributed by atoms with Gasteiger partial charge in [0.05, 0.1) is 0 Å². The Morgan fingerprint density at radius 2 is 2.12 bits per heavy atom. The zero-order valence-electron chi connectivity index (χ0n) is 10.5. The lowest BCUT2D eigenvalue weighted by Crippen LogP contribution is -2.13. The maximum Gasteiger partial charge on any atom is 0.224 e. The molecule has 1 aromatic rings. The fourth-order valence-electron chi connectivity index (χ4n) is 1.70. The topological polar surface area (TPSA) is 29.1 Å². The molecule has 0 aliphatic heterocycles. The van der Waals surface area contributed by atoms with Crippen LogP contribution in [-0.4, -0.2) is 11.8 Å². The minimum Gasteiger partial charge on any atom is -0.326 e. The average molecular weight is 254 g/mol. The van der Waals surface area contributed by atoms with Gasteiger partial charge in [0.15, 0.2) is 0 Å². The highest BCUT2D eigenvalue weighted by Gasteiger charge is 2.10. The van der Waals surface area contributed by atoms with Crippen LogP contribution in [-0.2, 0) is 4.79 Å². The zero-order valence-corrected chi connectivity index (χ0v) is 11.3. The summed E-state index contributed by atoms with van der Waals surface area (Å²) in [5.74, 6) is 1.03. The number of benzene rings is 1. The van der Waals surface area contributed by atoms with Crippen molar-refractivity contribution in [3.05, 3.63) is 29.8 Å². The third-order valence-electron chi connectivity index (χ3n) is 2.92. The lowest BCUT2D eigenvalue weighted by atomic mass is 9.97. The SMILES string of the molecule is CCC(C)c1ccccc1NC(=O)CCCCl. The molecule has 1 amide bonds. The van der Waals surface area contributed by atoms with Gasteiger partial charge in [0.1, 0.15) is 0 Å². The molecule has 0 fully saturated rings. The van der Waals surface area contributed by atoms with Crippen LogP contribution < -0.4 is 5.32 Å². The Labute approximate surface area is 108 Å². The van der Waals surface area contributed by atoms with Gasteiger partial charge in [0, 0.05) is 18.0 Å². The molecule has 0 bridgehead atoms. The molecule has 0 saturated carbocycles. The Hall–Kier alpha value is -1.02. The van der Waals surface area contributed by atoms with Crippen LogP contribution in [0, 0.1) is 0 Å². The fourth-order valence-corrected chi connectivity index (χ4v) is 1.83. The number of alkyl halides is 1. The van der Waals surface area contributed by atoms with E-state index in [9.17, 15) is 4.79 Å². The highest BCUT2D eigenvalue weighted by Crippen LogP contribution is 2.26. The number of halogens is 1. The van der Waals surface area contributed by atoms with E-state index in [4.69, 9.17) is 11.6 Å². The van der Waals surface area contributed by atoms with Crippen LogP contribution in [0.25, 0.3) is 0 Å². The highest BCUT2D eigenvalue weighted by atomic mass is 35.5. The molecule has 1 atom stereocenters. The van der Waals surface area contributed by atoms with Crippen LogP contribution >= 0.6 is 11.6 Å². The lowest BCUT2D eigenvalue weighted by Gasteiger charge is -2.15. The number of anilines is 1. The largest absolute Gasteiger partial charge is 0.326 e. The van der Waals surface area contributed by atoms with E-state index in [1.807, 2.05) is 18.2 Å². The summed E-state index contributed by atoms with van der Waals surface area (Å²) in [6.45, 7) is 4.32. The summed E-state index contributed by atoms with van der Waals surface area (Å²) in [7, 11) is 0. The summed E-state index contributed by atoms with van der Waals surface area (Å²) < 4.78 is 0. The standard InChI is InChI=1S/C14H20ClNO/c1-3-11(2)12-7-4-5-8-13(12)16-14(17)9-6-10-15/h4-5,7-8,11H,3,6,9-10H2,1-2H3,(H,16,17). The van der Waals surface area contributed by atoms with E-state index in [1.165, 1.54) is 5.56 Å². The summed E-state index contributed by atoms with van der Waals surface area (Å²) in [5.41, 5.74) is 2.13. The Bertz CT molecular complexity index is 365. The summed E-state index contributed by atoms with van der Waals surface area (Å²) in [6.07, 6.45) is 2.27. The summed E-state index contributed by atoms with van der Waals surface area (Å²) in [6, 6.07) is 7.99. The van der Waals surface area contributed by atoms with Crippen LogP contribution in [0.5, 0.6) is 0 Å². The van der Waals surface area contributed by atoms with Crippen molar-refractivity contribution in [2.24, 2.45) is 0 Å². The Balaban J connectivity index is 2.73. The molecule has 0 heterocycles. The first kappa shape index (κ1) is 14.0. The molecular weight excluding hydrogens is 234 g/mol. The second-order valence-corrected chi connectivity index (χ2v) is 4.62. The van der Waals surface area contributed by atoms with Crippen molar-refractivity contribution in [1.29, 1.82) is 0 Å². The molecule has 0 saturated heterocycles. The molecule has 1 unspecified atom stereocenters. The molecule has 1 rings (SSSR count). The number of para-hydroxylation sites is 1. The van der Waals surface area contributed by atoms with E-state index >= 15 is 0 Å². The molecule has 17 heavy (non-hydrogen) atoms. The molecule has 0 aromatic heterocycles. The number of amides is 1. The first-order valence-electron chi connectivity index (χ1n) is 6.13. The number of hydrogen-bond donors (Lipinski definition) is 1. The number of rotatable bonds is 6. The summed E-state index contributed by atoms with van der Waals surface area (Å²) >= 11 is 5.57. The van der Waals surface area contributed by atoms with Gasteiger partial charge in [-0.2, -0.15) is 0 Å². The Kier molecular flexibility index (Phi) is 6.06. The quantitative estimate of drug-likeness (QED) is 0.758. The first-order valence-corrected chi connectivity index (χ1v) is 6.67. The van der Waals surface area contributed by atoms with Crippen molar-refractivity contribution in [3.8, 4) is 0 Å². The van der Waals surface area contributed by atoms with Crippen LogP contribution in [0.2, 0.25) is 0 Å². The Morgan fingerprint density at radius 3 is 2.76 bits per heavy atom. The van der Waals surface area contributed by atoms with Crippen molar-refractivity contribution in [3.63, 3.8) is 0 Å².